The third-order valence-corrected chi connectivity index (χ3v) is 7.46. The molecule has 3 aromatic heterocycles. The zero-order valence-corrected chi connectivity index (χ0v) is 27.7. The third kappa shape index (κ3) is 8.75. The van der Waals surface area contributed by atoms with Gasteiger partial charge in [-0.3, -0.25) is 4.79 Å². The number of carbonyl (C=O) groups is 1. The average molecular weight is 679 g/mol. The summed E-state index contributed by atoms with van der Waals surface area (Å²) in [4.78, 5) is 23.7. The third-order valence-electron chi connectivity index (χ3n) is 6.80. The van der Waals surface area contributed by atoms with Crippen molar-refractivity contribution in [2.24, 2.45) is 0 Å². The van der Waals surface area contributed by atoms with E-state index in [1.54, 1.807) is 57.7 Å². The van der Waals surface area contributed by atoms with Crippen molar-refractivity contribution in [3.05, 3.63) is 106 Å². The molecule has 2 N–H and O–H groups in total. The second-order valence-electron chi connectivity index (χ2n) is 9.83. The zero-order chi connectivity index (χ0) is 33.9. The lowest BCUT2D eigenvalue weighted by Crippen LogP contribution is -2.01. The zero-order valence-electron chi connectivity index (χ0n) is 26.2. The van der Waals surface area contributed by atoms with E-state index in [4.69, 9.17) is 52.4 Å². The molecule has 0 fully saturated rings. The highest BCUT2D eigenvalue weighted by molar-refractivity contribution is 6.36. The van der Waals surface area contributed by atoms with E-state index in [-0.39, 0.29) is 25.8 Å². The maximum atomic E-state index is 10.8. The number of aliphatic hydroxyl groups is 2. The molecule has 0 unspecified atom stereocenters. The summed E-state index contributed by atoms with van der Waals surface area (Å²) in [6.45, 7) is 1.36. The van der Waals surface area contributed by atoms with E-state index in [1.807, 2.05) is 42.5 Å². The Balaban J connectivity index is 0.000000161. The van der Waals surface area contributed by atoms with Crippen molar-refractivity contribution in [1.29, 1.82) is 0 Å². The highest BCUT2D eigenvalue weighted by Crippen LogP contribution is 2.31. The van der Waals surface area contributed by atoms with Crippen LogP contribution >= 0.6 is 23.2 Å². The van der Waals surface area contributed by atoms with Crippen LogP contribution in [-0.2, 0) is 29.4 Å². The van der Waals surface area contributed by atoms with Crippen LogP contribution in [0.25, 0.3) is 32.7 Å². The number of pyridine rings is 3. The molecule has 0 radical (unpaired) electrons. The van der Waals surface area contributed by atoms with Crippen molar-refractivity contribution in [2.45, 2.75) is 26.7 Å². The maximum absolute atomic E-state index is 10.8. The highest BCUT2D eigenvalue weighted by atomic mass is 35.5. The molecule has 10 nitrogen and oxygen atoms in total. The normalized spacial score (nSPS) is 10.5. The van der Waals surface area contributed by atoms with Gasteiger partial charge in [-0.2, -0.15) is 0 Å². The molecule has 6 aromatic rings. The maximum Gasteiger partial charge on any atom is 0.303 e. The Morgan fingerprint density at radius 1 is 0.617 bits per heavy atom. The van der Waals surface area contributed by atoms with Crippen molar-refractivity contribution in [3.8, 4) is 17.2 Å². The van der Waals surface area contributed by atoms with Gasteiger partial charge in [0.15, 0.2) is 0 Å². The lowest BCUT2D eigenvalue weighted by atomic mass is 10.2. The van der Waals surface area contributed by atoms with Gasteiger partial charge in [0, 0.05) is 23.1 Å². The molecule has 244 valence electrons. The number of aromatic nitrogens is 3. The van der Waals surface area contributed by atoms with Gasteiger partial charge in [0.1, 0.15) is 40.4 Å². The van der Waals surface area contributed by atoms with Crippen LogP contribution in [0, 0.1) is 0 Å². The number of hydrogen-bond acceptors (Lipinski definition) is 10. The predicted molar refractivity (Wildman–Crippen MR) is 182 cm³/mol. The quantitative estimate of drug-likeness (QED) is 0.169. The molecule has 0 aliphatic rings. The number of rotatable bonds is 7. The molecule has 0 amide bonds. The first-order valence-electron chi connectivity index (χ1n) is 14.2. The van der Waals surface area contributed by atoms with Gasteiger partial charge in [0.2, 0.25) is 0 Å². The molecule has 12 heteroatoms. The SMILES string of the molecule is COc1ccc(Cl)c2ccc(CO)nc12.COc1ccc(Cl)c2ccc(COC(C)=O)nc12.COc1cccc2ccc(CO)nc12. The summed E-state index contributed by atoms with van der Waals surface area (Å²) in [7, 11) is 4.77. The number of esters is 1. The number of benzene rings is 3. The average Bonchev–Trinajstić information content (AvgIpc) is 3.11. The Morgan fingerprint density at radius 2 is 1.09 bits per heavy atom. The number of hydrogen-bond donors (Lipinski definition) is 2. The van der Waals surface area contributed by atoms with Crippen LogP contribution in [0.3, 0.4) is 0 Å². The number of ether oxygens (including phenoxy) is 4. The van der Waals surface area contributed by atoms with Gasteiger partial charge >= 0.3 is 5.97 Å². The topological polar surface area (TPSA) is 133 Å². The lowest BCUT2D eigenvalue weighted by Gasteiger charge is -2.08. The first-order valence-corrected chi connectivity index (χ1v) is 15.0. The molecule has 0 aliphatic carbocycles. The second-order valence-corrected chi connectivity index (χ2v) is 10.6. The van der Waals surface area contributed by atoms with Crippen LogP contribution in [0.2, 0.25) is 10.0 Å². The van der Waals surface area contributed by atoms with Crippen molar-refractivity contribution in [2.75, 3.05) is 21.3 Å². The van der Waals surface area contributed by atoms with E-state index in [0.29, 0.717) is 49.7 Å². The summed E-state index contributed by atoms with van der Waals surface area (Å²) >= 11 is 12.1. The summed E-state index contributed by atoms with van der Waals surface area (Å²) in [5.74, 6) is 1.69. The molecule has 0 saturated heterocycles. The van der Waals surface area contributed by atoms with E-state index in [2.05, 4.69) is 15.0 Å². The minimum absolute atomic E-state index is 0.0476. The van der Waals surface area contributed by atoms with Crippen molar-refractivity contribution in [1.82, 2.24) is 15.0 Å². The number of carbonyl (C=O) groups excluding carboxylic acids is 1. The Hall–Kier alpha value is -4.74. The number of halogens is 2. The minimum atomic E-state index is -0.338. The first kappa shape index (κ1) is 35.1. The van der Waals surface area contributed by atoms with Gasteiger partial charge in [-0.05, 0) is 60.7 Å². The standard InChI is InChI=1S/C13H12ClNO3.C11H10ClNO2.C11H11NO2/c1-8(16)18-7-9-3-4-10-11(14)5-6-12(17-2)13(10)15-9;1-15-10-5-4-9(12)8-3-2-7(6-14)13-11(8)10;1-14-10-4-2-3-8-5-6-9(7-13)12-11(8)10/h3-6H,7H2,1-2H3;2-5,14H,6H2,1H3;2-6,13H,7H2,1H3. The lowest BCUT2D eigenvalue weighted by molar-refractivity contribution is -0.142. The summed E-state index contributed by atoms with van der Waals surface area (Å²) in [6.07, 6.45) is 0. The summed E-state index contributed by atoms with van der Waals surface area (Å²) in [5.41, 5.74) is 4.04. The first-order chi connectivity index (χ1) is 22.7. The number of nitrogens with zero attached hydrogens (tertiary/aromatic N) is 3. The molecule has 0 atom stereocenters. The van der Waals surface area contributed by atoms with Gasteiger partial charge in [-0.25, -0.2) is 15.0 Å². The Morgan fingerprint density at radius 3 is 1.60 bits per heavy atom. The molecular formula is C35H33Cl2N3O7. The Kier molecular flexibility index (Phi) is 12.5. The molecule has 0 aliphatic heterocycles. The molecular weight excluding hydrogens is 645 g/mol. The van der Waals surface area contributed by atoms with Gasteiger partial charge in [0.25, 0.3) is 0 Å². The predicted octanol–water partition coefficient (Wildman–Crippen LogP) is 7.08. The fraction of sp³-hybridized carbons (Fsp3) is 0.200. The number of methoxy groups -OCH3 is 3. The van der Waals surface area contributed by atoms with E-state index in [1.165, 1.54) is 6.92 Å². The largest absolute Gasteiger partial charge is 0.494 e. The van der Waals surface area contributed by atoms with Crippen LogP contribution in [0.5, 0.6) is 17.2 Å². The number of aliphatic hydroxyl groups excluding tert-OH is 2. The van der Waals surface area contributed by atoms with Crippen LogP contribution in [0.4, 0.5) is 0 Å². The molecule has 0 bridgehead atoms. The molecule has 47 heavy (non-hydrogen) atoms. The smallest absolute Gasteiger partial charge is 0.303 e. The molecule has 6 rings (SSSR count). The van der Waals surface area contributed by atoms with E-state index >= 15 is 0 Å². The second kappa shape index (κ2) is 16.7. The molecule has 3 aromatic carbocycles. The van der Waals surface area contributed by atoms with E-state index in [0.717, 1.165) is 27.4 Å². The van der Waals surface area contributed by atoms with Crippen molar-refractivity contribution < 1.29 is 34.0 Å². The minimum Gasteiger partial charge on any atom is -0.494 e. The van der Waals surface area contributed by atoms with E-state index < -0.39 is 0 Å². The molecule has 0 spiro atoms. The van der Waals surface area contributed by atoms with Gasteiger partial charge < -0.3 is 29.2 Å². The Bertz CT molecular complexity index is 2010. The van der Waals surface area contributed by atoms with Crippen LogP contribution in [0.15, 0.2) is 78.9 Å². The highest BCUT2D eigenvalue weighted by Gasteiger charge is 2.09. The van der Waals surface area contributed by atoms with Gasteiger partial charge in [-0.1, -0.05) is 41.4 Å². The fourth-order valence-electron chi connectivity index (χ4n) is 4.48. The van der Waals surface area contributed by atoms with Gasteiger partial charge in [-0.15, -0.1) is 0 Å². The van der Waals surface area contributed by atoms with Crippen molar-refractivity contribution in [3.63, 3.8) is 0 Å². The Labute approximate surface area is 281 Å². The van der Waals surface area contributed by atoms with Crippen LogP contribution in [0.1, 0.15) is 24.0 Å². The molecule has 3 heterocycles. The number of para-hydroxylation sites is 1. The van der Waals surface area contributed by atoms with E-state index in [9.17, 15) is 4.79 Å². The van der Waals surface area contributed by atoms with Crippen molar-refractivity contribution >= 4 is 61.9 Å². The van der Waals surface area contributed by atoms with Crippen LogP contribution in [-0.4, -0.2) is 52.5 Å². The van der Waals surface area contributed by atoms with Crippen LogP contribution < -0.4 is 14.2 Å². The summed E-state index contributed by atoms with van der Waals surface area (Å²) < 4.78 is 20.5. The van der Waals surface area contributed by atoms with Gasteiger partial charge in [0.05, 0.1) is 61.7 Å². The number of fused-ring (bicyclic) bond motifs is 3. The molecule has 0 saturated carbocycles. The monoisotopic (exact) mass is 677 g/mol. The summed E-state index contributed by atoms with van der Waals surface area (Å²) in [6, 6.07) is 23.7. The summed E-state index contributed by atoms with van der Waals surface area (Å²) in [5, 5.41) is 21.8. The fourth-order valence-corrected chi connectivity index (χ4v) is 4.91.